The highest BCUT2D eigenvalue weighted by atomic mass is 79.9. The van der Waals surface area contributed by atoms with Crippen molar-refractivity contribution in [2.24, 2.45) is 5.14 Å². The summed E-state index contributed by atoms with van der Waals surface area (Å²) in [6, 6.07) is 20.7. The lowest BCUT2D eigenvalue weighted by atomic mass is 9.92. The van der Waals surface area contributed by atoms with E-state index in [1.54, 1.807) is 23.9 Å². The minimum Gasteiger partial charge on any atom is -0.456 e. The number of sulfonamides is 1. The molecule has 0 spiro atoms. The number of thioether (sulfide) groups is 1. The maximum atomic E-state index is 11.6. The summed E-state index contributed by atoms with van der Waals surface area (Å²) in [6.07, 6.45) is 2.75. The standard InChI is InChI=1S/C22H18BrNO3S2/c1-28-21-11-8-15(13-19(21)23)18-12-16-4-2-3-5-20(16)27-22(18)14-6-9-17(10-7-14)29(24,25)26/h2-11,13H,12H2,1H3,(H2,24,25,26). The van der Waals surface area contributed by atoms with E-state index in [2.05, 4.69) is 40.2 Å². The maximum Gasteiger partial charge on any atom is 0.238 e. The van der Waals surface area contributed by atoms with Gasteiger partial charge in [0.15, 0.2) is 0 Å². The van der Waals surface area contributed by atoms with Gasteiger partial charge in [-0.1, -0.05) is 24.3 Å². The summed E-state index contributed by atoms with van der Waals surface area (Å²) in [5.74, 6) is 1.52. The second kappa shape index (κ2) is 7.99. The fourth-order valence-corrected chi connectivity index (χ4v) is 5.15. The zero-order chi connectivity index (χ0) is 20.6. The molecular formula is C22H18BrNO3S2. The average Bonchev–Trinajstić information content (AvgIpc) is 2.72. The number of allylic oxidation sites excluding steroid dienone is 1. The summed E-state index contributed by atoms with van der Waals surface area (Å²) < 4.78 is 30.5. The van der Waals surface area contributed by atoms with Crippen LogP contribution in [0.5, 0.6) is 5.75 Å². The van der Waals surface area contributed by atoms with E-state index in [-0.39, 0.29) is 4.90 Å². The van der Waals surface area contributed by atoms with E-state index in [1.165, 1.54) is 12.1 Å². The first kappa shape index (κ1) is 20.2. The molecule has 4 rings (SSSR count). The molecule has 0 atom stereocenters. The van der Waals surface area contributed by atoms with Crippen LogP contribution in [0.2, 0.25) is 0 Å². The van der Waals surface area contributed by atoms with E-state index >= 15 is 0 Å². The van der Waals surface area contributed by atoms with E-state index in [0.717, 1.165) is 37.4 Å². The fraction of sp³-hybridized carbons (Fsp3) is 0.0909. The number of fused-ring (bicyclic) bond motifs is 1. The lowest BCUT2D eigenvalue weighted by Gasteiger charge is -2.24. The van der Waals surface area contributed by atoms with Gasteiger partial charge < -0.3 is 4.74 Å². The number of para-hydroxylation sites is 1. The quantitative estimate of drug-likeness (QED) is 0.505. The third kappa shape index (κ3) is 4.14. The minimum atomic E-state index is -3.74. The molecule has 2 N–H and O–H groups in total. The van der Waals surface area contributed by atoms with Crippen LogP contribution in [0.25, 0.3) is 11.3 Å². The zero-order valence-corrected chi connectivity index (χ0v) is 18.8. The number of benzene rings is 3. The first-order valence-corrected chi connectivity index (χ1v) is 12.4. The van der Waals surface area contributed by atoms with Gasteiger partial charge in [0.25, 0.3) is 0 Å². The Bertz CT molecular complexity index is 1220. The molecule has 1 aliphatic rings. The predicted molar refractivity (Wildman–Crippen MR) is 121 cm³/mol. The molecule has 148 valence electrons. The molecule has 1 aliphatic heterocycles. The van der Waals surface area contributed by atoms with Gasteiger partial charge in [-0.05, 0) is 75.8 Å². The van der Waals surface area contributed by atoms with Crippen LogP contribution in [0.1, 0.15) is 16.7 Å². The van der Waals surface area contributed by atoms with Gasteiger partial charge in [0, 0.05) is 26.9 Å². The molecule has 0 aliphatic carbocycles. The Balaban J connectivity index is 1.86. The highest BCUT2D eigenvalue weighted by Gasteiger charge is 2.23. The largest absolute Gasteiger partial charge is 0.456 e. The van der Waals surface area contributed by atoms with E-state index in [1.807, 2.05) is 24.5 Å². The van der Waals surface area contributed by atoms with E-state index < -0.39 is 10.0 Å². The Morgan fingerprint density at radius 3 is 2.34 bits per heavy atom. The molecule has 0 bridgehead atoms. The molecule has 3 aromatic rings. The number of hydrogen-bond donors (Lipinski definition) is 1. The van der Waals surface area contributed by atoms with Crippen molar-refractivity contribution in [3.63, 3.8) is 0 Å². The number of rotatable bonds is 4. The van der Waals surface area contributed by atoms with Crippen LogP contribution in [0.4, 0.5) is 0 Å². The smallest absolute Gasteiger partial charge is 0.238 e. The van der Waals surface area contributed by atoms with Crippen molar-refractivity contribution < 1.29 is 13.2 Å². The fourth-order valence-electron chi connectivity index (χ4n) is 3.31. The van der Waals surface area contributed by atoms with Gasteiger partial charge in [0.05, 0.1) is 4.90 Å². The van der Waals surface area contributed by atoms with Crippen LogP contribution >= 0.6 is 27.7 Å². The molecule has 3 aromatic carbocycles. The number of nitrogens with two attached hydrogens (primary N) is 1. The SMILES string of the molecule is CSc1ccc(C2=C(c3ccc(S(N)(=O)=O)cc3)Oc3ccccc3C2)cc1Br. The van der Waals surface area contributed by atoms with Gasteiger partial charge in [-0.3, -0.25) is 0 Å². The van der Waals surface area contributed by atoms with E-state index in [9.17, 15) is 8.42 Å². The molecule has 0 saturated carbocycles. The third-order valence-corrected chi connectivity index (χ3v) is 7.41. The van der Waals surface area contributed by atoms with E-state index in [4.69, 9.17) is 9.88 Å². The van der Waals surface area contributed by atoms with Crippen molar-refractivity contribution in [1.29, 1.82) is 0 Å². The van der Waals surface area contributed by atoms with Crippen LogP contribution in [0.15, 0.2) is 81.0 Å². The molecule has 29 heavy (non-hydrogen) atoms. The molecule has 4 nitrogen and oxygen atoms in total. The van der Waals surface area contributed by atoms with Crippen molar-refractivity contribution in [1.82, 2.24) is 0 Å². The Labute approximate surface area is 183 Å². The molecule has 0 unspecified atom stereocenters. The monoisotopic (exact) mass is 487 g/mol. The number of ether oxygens (including phenoxy) is 1. The highest BCUT2D eigenvalue weighted by Crippen LogP contribution is 2.40. The van der Waals surface area contributed by atoms with Crippen LogP contribution in [-0.4, -0.2) is 14.7 Å². The summed E-state index contributed by atoms with van der Waals surface area (Å²) in [6.45, 7) is 0. The molecule has 7 heteroatoms. The highest BCUT2D eigenvalue weighted by molar-refractivity contribution is 9.10. The minimum absolute atomic E-state index is 0.0756. The Hall–Kier alpha value is -2.06. The van der Waals surface area contributed by atoms with E-state index in [0.29, 0.717) is 12.2 Å². The Morgan fingerprint density at radius 1 is 1.00 bits per heavy atom. The van der Waals surface area contributed by atoms with Crippen molar-refractivity contribution in [2.45, 2.75) is 16.2 Å². The van der Waals surface area contributed by atoms with Crippen molar-refractivity contribution >= 4 is 49.0 Å². The summed E-state index contributed by atoms with van der Waals surface area (Å²) in [5.41, 5.74) is 4.00. The number of hydrogen-bond acceptors (Lipinski definition) is 4. The van der Waals surface area contributed by atoms with Crippen LogP contribution in [-0.2, 0) is 16.4 Å². The van der Waals surface area contributed by atoms with Gasteiger partial charge in [0.1, 0.15) is 11.5 Å². The molecule has 0 fully saturated rings. The van der Waals surface area contributed by atoms with Crippen molar-refractivity contribution in [3.05, 3.63) is 87.9 Å². The molecule has 0 radical (unpaired) electrons. The maximum absolute atomic E-state index is 11.6. The van der Waals surface area contributed by atoms with Crippen molar-refractivity contribution in [3.8, 4) is 5.75 Å². The van der Waals surface area contributed by atoms with Gasteiger partial charge >= 0.3 is 0 Å². The van der Waals surface area contributed by atoms with Gasteiger partial charge in [-0.2, -0.15) is 0 Å². The van der Waals surface area contributed by atoms with Gasteiger partial charge in [-0.25, -0.2) is 13.6 Å². The Kier molecular flexibility index (Phi) is 5.57. The van der Waals surface area contributed by atoms with Crippen LogP contribution < -0.4 is 9.88 Å². The zero-order valence-electron chi connectivity index (χ0n) is 15.6. The topological polar surface area (TPSA) is 69.4 Å². The number of halogens is 1. The van der Waals surface area contributed by atoms with Crippen LogP contribution in [0, 0.1) is 0 Å². The lowest BCUT2D eigenvalue weighted by Crippen LogP contribution is -2.13. The van der Waals surface area contributed by atoms with Gasteiger partial charge in [0.2, 0.25) is 10.0 Å². The predicted octanol–water partition coefficient (Wildman–Crippen LogP) is 5.32. The number of primary sulfonamides is 1. The third-order valence-electron chi connectivity index (χ3n) is 4.77. The van der Waals surface area contributed by atoms with Gasteiger partial charge in [-0.15, -0.1) is 11.8 Å². The first-order chi connectivity index (χ1) is 13.9. The Morgan fingerprint density at radius 2 is 1.69 bits per heavy atom. The summed E-state index contributed by atoms with van der Waals surface area (Å²) in [7, 11) is -3.74. The first-order valence-electron chi connectivity index (χ1n) is 8.83. The summed E-state index contributed by atoms with van der Waals surface area (Å²) in [5, 5.41) is 5.23. The summed E-state index contributed by atoms with van der Waals surface area (Å²) in [4.78, 5) is 1.23. The molecule has 0 saturated heterocycles. The van der Waals surface area contributed by atoms with Crippen molar-refractivity contribution in [2.75, 3.05) is 6.26 Å². The molecule has 0 aromatic heterocycles. The second-order valence-corrected chi connectivity index (χ2v) is 9.88. The van der Waals surface area contributed by atoms with Crippen LogP contribution in [0.3, 0.4) is 0 Å². The summed E-state index contributed by atoms with van der Waals surface area (Å²) >= 11 is 5.33. The average molecular weight is 488 g/mol. The molecule has 0 amide bonds. The molecule has 1 heterocycles. The normalized spacial score (nSPS) is 13.8. The molecular weight excluding hydrogens is 470 g/mol. The lowest BCUT2D eigenvalue weighted by molar-refractivity contribution is 0.502. The second-order valence-electron chi connectivity index (χ2n) is 6.61.